The summed E-state index contributed by atoms with van der Waals surface area (Å²) in [5.74, 6) is 0.825. The van der Waals surface area contributed by atoms with E-state index >= 15 is 0 Å². The summed E-state index contributed by atoms with van der Waals surface area (Å²) in [7, 11) is 0. The molecule has 0 saturated carbocycles. The Morgan fingerprint density at radius 3 is 2.96 bits per heavy atom. The van der Waals surface area contributed by atoms with E-state index in [0.29, 0.717) is 29.4 Å². The maximum absolute atomic E-state index is 9.36. The molecule has 0 saturated heterocycles. The fraction of sp³-hybridized carbons (Fsp3) is 0.0526. The summed E-state index contributed by atoms with van der Waals surface area (Å²) in [6.07, 6.45) is 3.37. The highest BCUT2D eigenvalue weighted by Crippen LogP contribution is 2.27. The molecule has 2 N–H and O–H groups in total. The van der Waals surface area contributed by atoms with Crippen LogP contribution in [0.5, 0.6) is 0 Å². The molecule has 0 fully saturated rings. The summed E-state index contributed by atoms with van der Waals surface area (Å²) >= 11 is 0. The molecule has 0 atom stereocenters. The van der Waals surface area contributed by atoms with Gasteiger partial charge in [-0.15, -0.1) is 6.58 Å². The van der Waals surface area contributed by atoms with E-state index in [2.05, 4.69) is 38.1 Å². The van der Waals surface area contributed by atoms with Crippen LogP contribution >= 0.6 is 0 Å². The summed E-state index contributed by atoms with van der Waals surface area (Å²) in [5, 5.41) is 16.5. The van der Waals surface area contributed by atoms with Gasteiger partial charge in [0.15, 0.2) is 0 Å². The van der Waals surface area contributed by atoms with Crippen molar-refractivity contribution in [2.45, 2.75) is 0 Å². The highest BCUT2D eigenvalue weighted by Gasteiger charge is 2.13. The third kappa shape index (κ3) is 2.80. The Hall–Kier alpha value is -3.92. The van der Waals surface area contributed by atoms with Crippen molar-refractivity contribution in [3.8, 4) is 28.9 Å². The average Bonchev–Trinajstić information content (AvgIpc) is 3.34. The molecule has 4 rings (SSSR count). The maximum atomic E-state index is 9.36. The molecule has 7 heteroatoms. The third-order valence-corrected chi connectivity index (χ3v) is 3.93. The fourth-order valence-corrected chi connectivity index (χ4v) is 2.64. The van der Waals surface area contributed by atoms with Crippen LogP contribution in [0.4, 0.5) is 5.69 Å². The molecule has 7 nitrogen and oxygen atoms in total. The first-order valence-corrected chi connectivity index (χ1v) is 7.95. The summed E-state index contributed by atoms with van der Waals surface area (Å²) in [6.45, 7) is 4.24. The number of H-pyrrole nitrogens is 1. The lowest BCUT2D eigenvalue weighted by Crippen LogP contribution is -2.00. The van der Waals surface area contributed by atoms with E-state index in [-0.39, 0.29) is 0 Å². The van der Waals surface area contributed by atoms with Crippen molar-refractivity contribution < 1.29 is 4.52 Å². The van der Waals surface area contributed by atoms with Crippen molar-refractivity contribution in [1.82, 2.24) is 20.1 Å². The number of benzene rings is 2. The minimum Gasteiger partial charge on any atom is -0.381 e. The van der Waals surface area contributed by atoms with Crippen LogP contribution in [0.2, 0.25) is 0 Å². The number of imidazole rings is 1. The van der Waals surface area contributed by atoms with Gasteiger partial charge >= 0.3 is 0 Å². The summed E-state index contributed by atoms with van der Waals surface area (Å²) in [5.41, 5.74) is 4.51. The Labute approximate surface area is 149 Å². The Balaban J connectivity index is 1.67. The zero-order valence-electron chi connectivity index (χ0n) is 13.7. The molecule has 126 valence electrons. The van der Waals surface area contributed by atoms with Crippen LogP contribution in [-0.2, 0) is 0 Å². The maximum Gasteiger partial charge on any atom is 0.258 e. The van der Waals surface area contributed by atoms with Crippen LogP contribution in [0.3, 0.4) is 0 Å². The van der Waals surface area contributed by atoms with Gasteiger partial charge in [0, 0.05) is 17.7 Å². The molecule has 0 radical (unpaired) electrons. The van der Waals surface area contributed by atoms with Gasteiger partial charge in [0.25, 0.3) is 5.89 Å². The van der Waals surface area contributed by atoms with Crippen LogP contribution in [0.25, 0.3) is 33.9 Å². The Morgan fingerprint density at radius 1 is 1.23 bits per heavy atom. The van der Waals surface area contributed by atoms with Gasteiger partial charge < -0.3 is 14.8 Å². The molecule has 2 aromatic heterocycles. The van der Waals surface area contributed by atoms with Gasteiger partial charge in [-0.25, -0.2) is 4.98 Å². The number of nitrogens with one attached hydrogen (secondary N) is 2. The SMILES string of the molecule is C=CCNc1ccc(-c2nc(-c3ccc4[nH]cnc4c3)no2)cc1C#N. The second-order valence-electron chi connectivity index (χ2n) is 5.60. The van der Waals surface area contributed by atoms with E-state index in [9.17, 15) is 5.26 Å². The minimum atomic E-state index is 0.355. The summed E-state index contributed by atoms with van der Waals surface area (Å²) in [4.78, 5) is 11.7. The van der Waals surface area contributed by atoms with E-state index in [1.54, 1.807) is 18.5 Å². The molecule has 0 amide bonds. The van der Waals surface area contributed by atoms with Crippen LogP contribution in [-0.4, -0.2) is 26.7 Å². The first kappa shape index (κ1) is 15.6. The van der Waals surface area contributed by atoms with Crippen LogP contribution in [0.1, 0.15) is 5.56 Å². The molecule has 26 heavy (non-hydrogen) atoms. The van der Waals surface area contributed by atoms with Crippen molar-refractivity contribution in [3.63, 3.8) is 0 Å². The predicted molar refractivity (Wildman–Crippen MR) is 98.2 cm³/mol. The van der Waals surface area contributed by atoms with Crippen LogP contribution < -0.4 is 5.32 Å². The van der Waals surface area contributed by atoms with Crippen LogP contribution in [0, 0.1) is 11.3 Å². The lowest BCUT2D eigenvalue weighted by molar-refractivity contribution is 0.432. The first-order chi connectivity index (χ1) is 12.8. The van der Waals surface area contributed by atoms with Gasteiger partial charge in [-0.3, -0.25) is 0 Å². The molecule has 0 bridgehead atoms. The van der Waals surface area contributed by atoms with E-state index in [4.69, 9.17) is 4.52 Å². The average molecular weight is 342 g/mol. The molecule has 0 aliphatic heterocycles. The number of hydrogen-bond acceptors (Lipinski definition) is 6. The molecule has 0 spiro atoms. The zero-order valence-corrected chi connectivity index (χ0v) is 13.7. The summed E-state index contributed by atoms with van der Waals surface area (Å²) in [6, 6.07) is 13.3. The van der Waals surface area contributed by atoms with Crippen molar-refractivity contribution in [2.75, 3.05) is 11.9 Å². The van der Waals surface area contributed by atoms with Crippen molar-refractivity contribution in [2.24, 2.45) is 0 Å². The highest BCUT2D eigenvalue weighted by molar-refractivity contribution is 5.80. The number of nitrogens with zero attached hydrogens (tertiary/aromatic N) is 4. The molecular weight excluding hydrogens is 328 g/mol. The lowest BCUT2D eigenvalue weighted by atomic mass is 10.1. The number of fused-ring (bicyclic) bond motifs is 1. The number of hydrogen-bond donors (Lipinski definition) is 2. The standard InChI is InChI=1S/C19H14N6O/c1-2-7-21-15-5-4-13(8-14(15)10-20)19-24-18(25-26-19)12-3-6-16-17(9-12)23-11-22-16/h2-6,8-9,11,21H,1,7H2,(H,22,23). The first-order valence-electron chi connectivity index (χ1n) is 7.95. The second kappa shape index (κ2) is 6.53. The highest BCUT2D eigenvalue weighted by atomic mass is 16.5. The van der Waals surface area contributed by atoms with Crippen molar-refractivity contribution >= 4 is 16.7 Å². The van der Waals surface area contributed by atoms with Gasteiger partial charge in [0.1, 0.15) is 6.07 Å². The molecule has 0 aliphatic rings. The minimum absolute atomic E-state index is 0.355. The quantitative estimate of drug-likeness (QED) is 0.535. The topological polar surface area (TPSA) is 103 Å². The van der Waals surface area contributed by atoms with E-state index < -0.39 is 0 Å². The van der Waals surface area contributed by atoms with Gasteiger partial charge in [-0.05, 0) is 36.4 Å². The Morgan fingerprint density at radius 2 is 2.12 bits per heavy atom. The van der Waals surface area contributed by atoms with Crippen molar-refractivity contribution in [1.29, 1.82) is 5.26 Å². The largest absolute Gasteiger partial charge is 0.381 e. The lowest BCUT2D eigenvalue weighted by Gasteiger charge is -2.06. The molecule has 2 heterocycles. The van der Waals surface area contributed by atoms with Crippen molar-refractivity contribution in [3.05, 3.63) is 60.9 Å². The number of rotatable bonds is 5. The third-order valence-electron chi connectivity index (χ3n) is 3.93. The zero-order chi connectivity index (χ0) is 17.9. The number of aromatic nitrogens is 4. The number of nitriles is 1. The molecule has 4 aromatic rings. The molecular formula is C19H14N6O. The van der Waals surface area contributed by atoms with E-state index in [1.165, 1.54) is 0 Å². The Kier molecular flexibility index (Phi) is 3.92. The number of anilines is 1. The van der Waals surface area contributed by atoms with E-state index in [1.807, 2.05) is 30.3 Å². The Bertz CT molecular complexity index is 1130. The van der Waals surface area contributed by atoms with Crippen LogP contribution in [0.15, 0.2) is 59.9 Å². The second-order valence-corrected chi connectivity index (χ2v) is 5.60. The monoisotopic (exact) mass is 342 g/mol. The predicted octanol–water partition coefficient (Wildman–Crippen LogP) is 3.75. The molecule has 0 aliphatic carbocycles. The van der Waals surface area contributed by atoms with Gasteiger partial charge in [-0.1, -0.05) is 11.2 Å². The number of aromatic amines is 1. The van der Waals surface area contributed by atoms with Gasteiger partial charge in [-0.2, -0.15) is 10.2 Å². The summed E-state index contributed by atoms with van der Waals surface area (Å²) < 4.78 is 5.38. The normalized spacial score (nSPS) is 10.6. The van der Waals surface area contributed by atoms with Gasteiger partial charge in [0.05, 0.1) is 28.6 Å². The fourth-order valence-electron chi connectivity index (χ4n) is 2.64. The molecule has 0 unspecified atom stereocenters. The smallest absolute Gasteiger partial charge is 0.258 e. The van der Waals surface area contributed by atoms with Gasteiger partial charge in [0.2, 0.25) is 5.82 Å². The van der Waals surface area contributed by atoms with E-state index in [0.717, 1.165) is 22.3 Å². The molecule has 2 aromatic carbocycles.